The molecule has 0 aromatic heterocycles. The normalized spacial score (nSPS) is 19.3. The van der Waals surface area contributed by atoms with Gasteiger partial charge in [-0.25, -0.2) is 0 Å². The van der Waals surface area contributed by atoms with E-state index in [2.05, 4.69) is 12.6 Å². The molecule has 0 radical (unpaired) electrons. The van der Waals surface area contributed by atoms with Crippen LogP contribution in [0.3, 0.4) is 0 Å². The van der Waals surface area contributed by atoms with Gasteiger partial charge in [0.25, 0.3) is 0 Å². The van der Waals surface area contributed by atoms with Gasteiger partial charge in [0.15, 0.2) is 0 Å². The van der Waals surface area contributed by atoms with Crippen LogP contribution in [0, 0.1) is 5.41 Å². The van der Waals surface area contributed by atoms with Gasteiger partial charge in [0.2, 0.25) is 11.8 Å². The minimum absolute atomic E-state index is 0.0210. The Balaban J connectivity index is 2.71. The smallest absolute Gasteiger partial charge is 0.229 e. The lowest BCUT2D eigenvalue weighted by molar-refractivity contribution is -0.145. The summed E-state index contributed by atoms with van der Waals surface area (Å²) in [6.45, 7) is 4.53. The molecule has 1 aliphatic heterocycles. The number of rotatable bonds is 3. The number of carbonyl (C=O) groups excluding carboxylic acids is 2. The van der Waals surface area contributed by atoms with Crippen molar-refractivity contribution in [3.8, 4) is 0 Å². The van der Waals surface area contributed by atoms with Crippen molar-refractivity contribution in [2.75, 3.05) is 12.3 Å². The fourth-order valence-electron chi connectivity index (χ4n) is 1.62. The molecule has 4 heteroatoms. The molecule has 0 spiro atoms. The molecule has 0 bridgehead atoms. The van der Waals surface area contributed by atoms with Crippen molar-refractivity contribution in [3.05, 3.63) is 0 Å². The topological polar surface area (TPSA) is 37.4 Å². The maximum absolute atomic E-state index is 11.7. The SMILES string of the molecule is CC(C)(CS)CN1C(=O)CCCCC1=O. The van der Waals surface area contributed by atoms with E-state index in [1.165, 1.54) is 4.90 Å². The van der Waals surface area contributed by atoms with Gasteiger partial charge in [0.1, 0.15) is 0 Å². The van der Waals surface area contributed by atoms with Crippen molar-refractivity contribution < 1.29 is 9.59 Å². The number of thiol groups is 1. The Labute approximate surface area is 96.6 Å². The van der Waals surface area contributed by atoms with Gasteiger partial charge in [-0.2, -0.15) is 12.6 Å². The van der Waals surface area contributed by atoms with E-state index in [-0.39, 0.29) is 17.2 Å². The average Bonchev–Trinajstić information content (AvgIpc) is 2.33. The third-order valence-electron chi connectivity index (χ3n) is 2.65. The van der Waals surface area contributed by atoms with Crippen molar-refractivity contribution >= 4 is 24.4 Å². The molecule has 15 heavy (non-hydrogen) atoms. The second-order valence-electron chi connectivity index (χ2n) is 4.90. The van der Waals surface area contributed by atoms with Crippen LogP contribution in [-0.2, 0) is 9.59 Å². The monoisotopic (exact) mass is 229 g/mol. The standard InChI is InChI=1S/C11H19NO2S/c1-11(2,8-15)7-12-9(13)5-3-4-6-10(12)14/h15H,3-8H2,1-2H3. The van der Waals surface area contributed by atoms with Gasteiger partial charge in [-0.1, -0.05) is 13.8 Å². The number of hydrogen-bond acceptors (Lipinski definition) is 3. The summed E-state index contributed by atoms with van der Waals surface area (Å²) >= 11 is 4.24. The van der Waals surface area contributed by atoms with Crippen LogP contribution in [0.5, 0.6) is 0 Å². The van der Waals surface area contributed by atoms with Crippen LogP contribution in [0.15, 0.2) is 0 Å². The molecule has 1 saturated heterocycles. The summed E-state index contributed by atoms with van der Waals surface area (Å²) in [7, 11) is 0. The summed E-state index contributed by atoms with van der Waals surface area (Å²) in [5.41, 5.74) is -0.0984. The summed E-state index contributed by atoms with van der Waals surface area (Å²) in [4.78, 5) is 24.8. The molecule has 0 saturated carbocycles. The summed E-state index contributed by atoms with van der Waals surface area (Å²) in [5, 5.41) is 0. The van der Waals surface area contributed by atoms with Crippen molar-refractivity contribution in [2.24, 2.45) is 5.41 Å². The van der Waals surface area contributed by atoms with Crippen LogP contribution < -0.4 is 0 Å². The zero-order valence-electron chi connectivity index (χ0n) is 9.45. The fraction of sp³-hybridized carbons (Fsp3) is 0.818. The molecule has 1 fully saturated rings. The molecular formula is C11H19NO2S. The zero-order valence-corrected chi connectivity index (χ0v) is 10.3. The van der Waals surface area contributed by atoms with Crippen molar-refractivity contribution in [1.29, 1.82) is 0 Å². The molecule has 0 aromatic carbocycles. The van der Waals surface area contributed by atoms with Gasteiger partial charge in [-0.15, -0.1) is 0 Å². The highest BCUT2D eigenvalue weighted by Crippen LogP contribution is 2.22. The van der Waals surface area contributed by atoms with Gasteiger partial charge < -0.3 is 0 Å². The Morgan fingerprint density at radius 1 is 1.20 bits per heavy atom. The lowest BCUT2D eigenvalue weighted by Crippen LogP contribution is -2.42. The third kappa shape index (κ3) is 3.52. The highest BCUT2D eigenvalue weighted by Gasteiger charge is 2.29. The van der Waals surface area contributed by atoms with E-state index < -0.39 is 0 Å². The van der Waals surface area contributed by atoms with E-state index in [0.717, 1.165) is 12.8 Å². The van der Waals surface area contributed by atoms with Crippen LogP contribution in [0.1, 0.15) is 39.5 Å². The van der Waals surface area contributed by atoms with E-state index in [4.69, 9.17) is 0 Å². The lowest BCUT2D eigenvalue weighted by atomic mass is 9.95. The Kier molecular flexibility index (Phi) is 4.20. The molecule has 0 N–H and O–H groups in total. The zero-order chi connectivity index (χ0) is 11.5. The fourth-order valence-corrected chi connectivity index (χ4v) is 1.72. The number of hydrogen-bond donors (Lipinski definition) is 1. The predicted octanol–water partition coefficient (Wildman–Crippen LogP) is 1.87. The molecule has 1 heterocycles. The van der Waals surface area contributed by atoms with Crippen LogP contribution in [0.4, 0.5) is 0 Å². The summed E-state index contributed by atoms with van der Waals surface area (Å²) in [6.07, 6.45) is 2.69. The van der Waals surface area contributed by atoms with Crippen LogP contribution in [0.25, 0.3) is 0 Å². The molecule has 0 unspecified atom stereocenters. The molecule has 2 amide bonds. The van der Waals surface area contributed by atoms with Crippen molar-refractivity contribution in [3.63, 3.8) is 0 Å². The maximum atomic E-state index is 11.7. The maximum Gasteiger partial charge on any atom is 0.229 e. The molecule has 1 rings (SSSR count). The molecule has 86 valence electrons. The quantitative estimate of drug-likeness (QED) is 0.592. The molecule has 0 atom stereocenters. The Hall–Kier alpha value is -0.510. The number of carbonyl (C=O) groups is 2. The van der Waals surface area contributed by atoms with Crippen LogP contribution >= 0.6 is 12.6 Å². The minimum atomic E-state index is -0.0984. The number of amides is 2. The predicted molar refractivity (Wildman–Crippen MR) is 62.8 cm³/mol. The first-order valence-corrected chi connectivity index (χ1v) is 6.03. The van der Waals surface area contributed by atoms with Crippen molar-refractivity contribution in [1.82, 2.24) is 4.90 Å². The van der Waals surface area contributed by atoms with Gasteiger partial charge in [-0.05, 0) is 24.0 Å². The second-order valence-corrected chi connectivity index (χ2v) is 5.22. The van der Waals surface area contributed by atoms with Crippen LogP contribution in [0.2, 0.25) is 0 Å². The van der Waals surface area contributed by atoms with Gasteiger partial charge >= 0.3 is 0 Å². The van der Waals surface area contributed by atoms with Gasteiger partial charge in [0.05, 0.1) is 0 Å². The first-order chi connectivity index (χ1) is 6.96. The van der Waals surface area contributed by atoms with E-state index in [1.54, 1.807) is 0 Å². The summed E-state index contributed by atoms with van der Waals surface area (Å²) in [5.74, 6) is 0.629. The van der Waals surface area contributed by atoms with E-state index >= 15 is 0 Å². The molecule has 1 aliphatic rings. The Morgan fingerprint density at radius 2 is 1.67 bits per heavy atom. The first kappa shape index (κ1) is 12.6. The van der Waals surface area contributed by atoms with Crippen molar-refractivity contribution in [2.45, 2.75) is 39.5 Å². The Bertz CT molecular complexity index is 245. The van der Waals surface area contributed by atoms with Gasteiger partial charge in [-0.3, -0.25) is 14.5 Å². The molecule has 0 aromatic rings. The van der Waals surface area contributed by atoms with Gasteiger partial charge in [0, 0.05) is 19.4 Å². The first-order valence-electron chi connectivity index (χ1n) is 5.40. The number of likely N-dealkylation sites (tertiary alicyclic amines) is 1. The molecule has 3 nitrogen and oxygen atoms in total. The van der Waals surface area contributed by atoms with E-state index in [0.29, 0.717) is 25.1 Å². The van der Waals surface area contributed by atoms with E-state index in [9.17, 15) is 9.59 Å². The molecule has 0 aliphatic carbocycles. The van der Waals surface area contributed by atoms with Crippen LogP contribution in [-0.4, -0.2) is 29.0 Å². The highest BCUT2D eigenvalue weighted by molar-refractivity contribution is 7.80. The summed E-state index contributed by atoms with van der Waals surface area (Å²) < 4.78 is 0. The lowest BCUT2D eigenvalue weighted by Gasteiger charge is -2.29. The minimum Gasteiger partial charge on any atom is -0.282 e. The largest absolute Gasteiger partial charge is 0.282 e. The second kappa shape index (κ2) is 5.01. The third-order valence-corrected chi connectivity index (χ3v) is 3.50. The summed E-state index contributed by atoms with van der Waals surface area (Å²) in [6, 6.07) is 0. The number of nitrogens with zero attached hydrogens (tertiary/aromatic N) is 1. The van der Waals surface area contributed by atoms with E-state index in [1.807, 2.05) is 13.8 Å². The molecular weight excluding hydrogens is 210 g/mol. The average molecular weight is 229 g/mol. The number of imide groups is 1. The Morgan fingerprint density at radius 3 is 2.07 bits per heavy atom. The highest BCUT2D eigenvalue weighted by atomic mass is 32.1.